The smallest absolute Gasteiger partial charge is 0.318 e. The number of amides is 2. The summed E-state index contributed by atoms with van der Waals surface area (Å²) in [6.07, 6.45) is 3.14. The number of carbonyl (C=O) groups is 2. The lowest BCUT2D eigenvalue weighted by Gasteiger charge is -2.40. The monoisotopic (exact) mass is 298 g/mol. The fraction of sp³-hybridized carbons (Fsp3) is 0.867. The van der Waals surface area contributed by atoms with Crippen molar-refractivity contribution in [1.29, 1.82) is 0 Å². The second-order valence-electron chi connectivity index (χ2n) is 7.07. The first-order valence-corrected chi connectivity index (χ1v) is 7.69. The highest BCUT2D eigenvalue weighted by Crippen LogP contribution is 2.30. The molecular formula is C15H26N2O4. The predicted octanol–water partition coefficient (Wildman–Crippen LogP) is 1.84. The van der Waals surface area contributed by atoms with Gasteiger partial charge in [0.05, 0.1) is 25.2 Å². The van der Waals surface area contributed by atoms with Gasteiger partial charge in [-0.25, -0.2) is 4.79 Å². The minimum atomic E-state index is -0.893. The van der Waals surface area contributed by atoms with Gasteiger partial charge < -0.3 is 20.1 Å². The van der Waals surface area contributed by atoms with Crippen molar-refractivity contribution in [1.82, 2.24) is 10.2 Å². The van der Waals surface area contributed by atoms with E-state index in [1.807, 2.05) is 25.7 Å². The van der Waals surface area contributed by atoms with Gasteiger partial charge in [-0.05, 0) is 24.7 Å². The van der Waals surface area contributed by atoms with E-state index < -0.39 is 5.97 Å². The van der Waals surface area contributed by atoms with Crippen LogP contribution in [0.1, 0.15) is 46.5 Å². The summed E-state index contributed by atoms with van der Waals surface area (Å²) in [7, 11) is 0. The zero-order chi connectivity index (χ0) is 15.6. The van der Waals surface area contributed by atoms with Gasteiger partial charge in [0.15, 0.2) is 0 Å². The zero-order valence-electron chi connectivity index (χ0n) is 13.1. The molecule has 6 nitrogen and oxygen atoms in total. The lowest BCUT2D eigenvalue weighted by Crippen LogP contribution is -2.57. The molecule has 3 atom stereocenters. The predicted molar refractivity (Wildman–Crippen MR) is 78.1 cm³/mol. The van der Waals surface area contributed by atoms with E-state index in [1.165, 1.54) is 0 Å². The number of morpholine rings is 1. The summed E-state index contributed by atoms with van der Waals surface area (Å²) < 4.78 is 5.70. The molecule has 120 valence electrons. The van der Waals surface area contributed by atoms with Gasteiger partial charge in [-0.15, -0.1) is 0 Å². The van der Waals surface area contributed by atoms with Crippen LogP contribution in [-0.4, -0.2) is 53.3 Å². The number of carboxylic acids is 1. The minimum absolute atomic E-state index is 0.0618. The van der Waals surface area contributed by atoms with Crippen LogP contribution in [0.5, 0.6) is 0 Å². The Bertz CT molecular complexity index is 405. The van der Waals surface area contributed by atoms with Gasteiger partial charge in [0.25, 0.3) is 0 Å². The van der Waals surface area contributed by atoms with Gasteiger partial charge in [0.1, 0.15) is 0 Å². The number of rotatable bonds is 3. The van der Waals surface area contributed by atoms with Crippen molar-refractivity contribution >= 4 is 12.0 Å². The van der Waals surface area contributed by atoms with E-state index in [0.717, 1.165) is 19.3 Å². The first kappa shape index (κ1) is 16.1. The van der Waals surface area contributed by atoms with Crippen molar-refractivity contribution in [3.05, 3.63) is 0 Å². The van der Waals surface area contributed by atoms with Gasteiger partial charge in [0, 0.05) is 12.6 Å². The van der Waals surface area contributed by atoms with Gasteiger partial charge in [0.2, 0.25) is 0 Å². The van der Waals surface area contributed by atoms with E-state index in [4.69, 9.17) is 9.84 Å². The molecular weight excluding hydrogens is 272 g/mol. The van der Waals surface area contributed by atoms with Crippen molar-refractivity contribution in [2.45, 2.75) is 64.6 Å². The molecule has 1 heterocycles. The molecule has 1 saturated heterocycles. The van der Waals surface area contributed by atoms with E-state index >= 15 is 0 Å². The van der Waals surface area contributed by atoms with Crippen LogP contribution in [0.3, 0.4) is 0 Å². The average Bonchev–Trinajstić information content (AvgIpc) is 2.84. The molecule has 1 aliphatic heterocycles. The number of ether oxygens (including phenoxy) is 1. The highest BCUT2D eigenvalue weighted by atomic mass is 16.5. The molecule has 2 N–H and O–H groups in total. The summed E-state index contributed by atoms with van der Waals surface area (Å²) in [6.45, 7) is 6.97. The van der Waals surface area contributed by atoms with Crippen molar-refractivity contribution in [2.75, 3.05) is 13.2 Å². The molecule has 0 bridgehead atoms. The molecule has 2 amide bonds. The molecule has 3 unspecified atom stereocenters. The molecule has 0 aromatic carbocycles. The van der Waals surface area contributed by atoms with E-state index in [0.29, 0.717) is 13.2 Å². The molecule has 1 saturated carbocycles. The number of nitrogens with one attached hydrogen (secondary N) is 1. The maximum absolute atomic E-state index is 12.5. The van der Waals surface area contributed by atoms with Crippen LogP contribution in [0, 0.1) is 5.41 Å². The molecule has 6 heteroatoms. The Morgan fingerprint density at radius 2 is 2.10 bits per heavy atom. The highest BCUT2D eigenvalue weighted by molar-refractivity contribution is 5.76. The van der Waals surface area contributed by atoms with Crippen molar-refractivity contribution < 1.29 is 19.4 Å². The minimum Gasteiger partial charge on any atom is -0.481 e. The van der Waals surface area contributed by atoms with E-state index in [9.17, 15) is 9.59 Å². The quantitative estimate of drug-likeness (QED) is 0.833. The van der Waals surface area contributed by atoms with E-state index in [2.05, 4.69) is 5.32 Å². The SMILES string of the molecule is CC(C)(C)C(CC(=O)O)NC(=O)N1CCOC2CCCC21. The van der Waals surface area contributed by atoms with Crippen LogP contribution < -0.4 is 5.32 Å². The van der Waals surface area contributed by atoms with Crippen LogP contribution in [0.4, 0.5) is 4.79 Å². The summed E-state index contributed by atoms with van der Waals surface area (Å²) >= 11 is 0. The number of fused-ring (bicyclic) bond motifs is 1. The number of carboxylic acid groups (broad SMARTS) is 1. The average molecular weight is 298 g/mol. The molecule has 2 rings (SSSR count). The van der Waals surface area contributed by atoms with Crippen molar-refractivity contribution in [3.63, 3.8) is 0 Å². The number of aliphatic carboxylic acids is 1. The fourth-order valence-corrected chi connectivity index (χ4v) is 3.16. The van der Waals surface area contributed by atoms with Gasteiger partial charge in [-0.2, -0.15) is 0 Å². The first-order chi connectivity index (χ1) is 9.79. The van der Waals surface area contributed by atoms with Crippen LogP contribution in [0.25, 0.3) is 0 Å². The van der Waals surface area contributed by atoms with E-state index in [-0.39, 0.29) is 36.1 Å². The Labute approximate surface area is 125 Å². The molecule has 2 fully saturated rings. The molecule has 2 aliphatic rings. The summed E-state index contributed by atoms with van der Waals surface area (Å²) in [4.78, 5) is 25.4. The van der Waals surface area contributed by atoms with E-state index in [1.54, 1.807) is 0 Å². The third-order valence-electron chi connectivity index (χ3n) is 4.46. The van der Waals surface area contributed by atoms with Gasteiger partial charge in [-0.1, -0.05) is 20.8 Å². The standard InChI is InChI=1S/C15H26N2O4/c1-15(2,3)12(9-13(18)19)16-14(20)17-7-8-21-11-6-4-5-10(11)17/h10-12H,4-9H2,1-3H3,(H,16,20)(H,18,19). The summed E-state index contributed by atoms with van der Waals surface area (Å²) in [5.74, 6) is -0.893. The Morgan fingerprint density at radius 3 is 2.71 bits per heavy atom. The molecule has 1 aliphatic carbocycles. The molecule has 0 radical (unpaired) electrons. The molecule has 0 spiro atoms. The third kappa shape index (κ3) is 3.87. The number of carbonyl (C=O) groups excluding carboxylic acids is 1. The summed E-state index contributed by atoms with van der Waals surface area (Å²) in [5.41, 5.74) is -0.296. The van der Waals surface area contributed by atoms with Crippen LogP contribution in [0.15, 0.2) is 0 Å². The van der Waals surface area contributed by atoms with Crippen LogP contribution >= 0.6 is 0 Å². The van der Waals surface area contributed by atoms with Gasteiger partial charge >= 0.3 is 12.0 Å². The van der Waals surface area contributed by atoms with Crippen LogP contribution in [0.2, 0.25) is 0 Å². The lowest BCUT2D eigenvalue weighted by molar-refractivity contribution is -0.138. The Hall–Kier alpha value is -1.30. The topological polar surface area (TPSA) is 78.9 Å². The Morgan fingerprint density at radius 1 is 1.38 bits per heavy atom. The normalized spacial score (nSPS) is 27.1. The second kappa shape index (κ2) is 6.22. The summed E-state index contributed by atoms with van der Waals surface area (Å²) in [6, 6.07) is -0.397. The van der Waals surface area contributed by atoms with Crippen LogP contribution in [-0.2, 0) is 9.53 Å². The molecule has 0 aromatic rings. The third-order valence-corrected chi connectivity index (χ3v) is 4.46. The van der Waals surface area contributed by atoms with Crippen molar-refractivity contribution in [3.8, 4) is 0 Å². The summed E-state index contributed by atoms with van der Waals surface area (Å²) in [5, 5.41) is 12.0. The number of nitrogens with zero attached hydrogens (tertiary/aromatic N) is 1. The number of urea groups is 1. The van der Waals surface area contributed by atoms with Crippen molar-refractivity contribution in [2.24, 2.45) is 5.41 Å². The fourth-order valence-electron chi connectivity index (χ4n) is 3.16. The maximum atomic E-state index is 12.5. The maximum Gasteiger partial charge on any atom is 0.318 e. The van der Waals surface area contributed by atoms with Gasteiger partial charge in [-0.3, -0.25) is 4.79 Å². The zero-order valence-corrected chi connectivity index (χ0v) is 13.1. The second-order valence-corrected chi connectivity index (χ2v) is 7.07. The highest BCUT2D eigenvalue weighted by Gasteiger charge is 2.39. The number of hydrogen-bond donors (Lipinski definition) is 2. The Kier molecular flexibility index (Phi) is 4.76. The Balaban J connectivity index is 2.02. The largest absolute Gasteiger partial charge is 0.481 e. The molecule has 21 heavy (non-hydrogen) atoms. The first-order valence-electron chi connectivity index (χ1n) is 7.69. The molecule has 0 aromatic heterocycles. The number of hydrogen-bond acceptors (Lipinski definition) is 3. The lowest BCUT2D eigenvalue weighted by atomic mass is 9.85.